The van der Waals surface area contributed by atoms with Gasteiger partial charge in [-0.1, -0.05) is 28.9 Å². The topological polar surface area (TPSA) is 105 Å². The SMILES string of the molecule is O=C(NCc1nc(-c2ccccc2Cl)no1)[C@H]1CCCN(S(=O)(=O)c2ccc(F)cc2)C1. The molecule has 2 aromatic carbocycles. The number of carbonyl (C=O) groups is 1. The highest BCUT2D eigenvalue weighted by Gasteiger charge is 2.33. The lowest BCUT2D eigenvalue weighted by Crippen LogP contribution is -2.45. The molecule has 168 valence electrons. The molecule has 1 saturated heterocycles. The maximum absolute atomic E-state index is 13.1. The summed E-state index contributed by atoms with van der Waals surface area (Å²) in [4.78, 5) is 16.9. The number of sulfonamides is 1. The van der Waals surface area contributed by atoms with Crippen molar-refractivity contribution in [2.24, 2.45) is 5.92 Å². The normalized spacial score (nSPS) is 17.2. The first-order valence-electron chi connectivity index (χ1n) is 9.95. The molecule has 0 radical (unpaired) electrons. The molecule has 0 unspecified atom stereocenters. The number of rotatable bonds is 6. The second-order valence-electron chi connectivity index (χ2n) is 7.37. The molecule has 1 aliphatic rings. The number of nitrogens with zero attached hydrogens (tertiary/aromatic N) is 3. The van der Waals surface area contributed by atoms with Gasteiger partial charge in [-0.05, 0) is 49.2 Å². The van der Waals surface area contributed by atoms with Crippen LogP contribution in [0.15, 0.2) is 57.9 Å². The molecule has 1 atom stereocenters. The van der Waals surface area contributed by atoms with Crippen molar-refractivity contribution in [3.05, 3.63) is 65.3 Å². The lowest BCUT2D eigenvalue weighted by Gasteiger charge is -2.31. The molecule has 0 spiro atoms. The van der Waals surface area contributed by atoms with Gasteiger partial charge < -0.3 is 9.84 Å². The average molecular weight is 479 g/mol. The van der Waals surface area contributed by atoms with Gasteiger partial charge in [-0.3, -0.25) is 4.79 Å². The number of aromatic nitrogens is 2. The fraction of sp³-hybridized carbons (Fsp3) is 0.286. The minimum absolute atomic E-state index is 0.00193. The summed E-state index contributed by atoms with van der Waals surface area (Å²) in [6.07, 6.45) is 1.09. The number of benzene rings is 2. The van der Waals surface area contributed by atoms with Crippen LogP contribution in [-0.4, -0.2) is 41.9 Å². The zero-order valence-corrected chi connectivity index (χ0v) is 18.4. The Morgan fingerprint density at radius 1 is 1.22 bits per heavy atom. The molecule has 8 nitrogen and oxygen atoms in total. The van der Waals surface area contributed by atoms with E-state index in [1.807, 2.05) is 0 Å². The van der Waals surface area contributed by atoms with E-state index in [0.717, 1.165) is 12.1 Å². The van der Waals surface area contributed by atoms with Crippen LogP contribution >= 0.6 is 11.6 Å². The quantitative estimate of drug-likeness (QED) is 0.583. The average Bonchev–Trinajstić information content (AvgIpc) is 3.27. The van der Waals surface area contributed by atoms with Crippen molar-refractivity contribution in [2.75, 3.05) is 13.1 Å². The van der Waals surface area contributed by atoms with Gasteiger partial charge in [-0.2, -0.15) is 9.29 Å². The number of halogens is 2. The molecule has 1 N–H and O–H groups in total. The summed E-state index contributed by atoms with van der Waals surface area (Å²) in [6, 6.07) is 11.7. The Labute approximate surface area is 189 Å². The van der Waals surface area contributed by atoms with Gasteiger partial charge in [0, 0.05) is 18.7 Å². The van der Waals surface area contributed by atoms with E-state index in [-0.39, 0.29) is 29.8 Å². The fourth-order valence-corrected chi connectivity index (χ4v) is 5.26. The van der Waals surface area contributed by atoms with Crippen molar-refractivity contribution in [2.45, 2.75) is 24.3 Å². The first-order valence-corrected chi connectivity index (χ1v) is 11.8. The molecule has 1 aliphatic heterocycles. The molecule has 3 aromatic rings. The standard InChI is InChI=1S/C21H20ClFN4O4S/c22-18-6-2-1-5-17(18)20-25-19(31-26-20)12-24-21(28)14-4-3-11-27(13-14)32(29,30)16-9-7-15(23)8-10-16/h1-2,5-10,14H,3-4,11-13H2,(H,24,28)/t14-/m0/s1. The summed E-state index contributed by atoms with van der Waals surface area (Å²) in [7, 11) is -3.81. The molecule has 0 bridgehead atoms. The van der Waals surface area contributed by atoms with E-state index in [9.17, 15) is 17.6 Å². The van der Waals surface area contributed by atoms with Crippen LogP contribution < -0.4 is 5.32 Å². The minimum Gasteiger partial charge on any atom is -0.347 e. The van der Waals surface area contributed by atoms with Crippen molar-refractivity contribution in [3.63, 3.8) is 0 Å². The summed E-state index contributed by atoms with van der Waals surface area (Å²) in [5, 5.41) is 7.09. The van der Waals surface area contributed by atoms with E-state index in [4.69, 9.17) is 16.1 Å². The van der Waals surface area contributed by atoms with Gasteiger partial charge in [0.25, 0.3) is 0 Å². The smallest absolute Gasteiger partial charge is 0.246 e. The number of amides is 1. The summed E-state index contributed by atoms with van der Waals surface area (Å²) < 4.78 is 45.3. The highest BCUT2D eigenvalue weighted by Crippen LogP contribution is 2.26. The molecule has 4 rings (SSSR count). The predicted octanol–water partition coefficient (Wildman–Crippen LogP) is 3.25. The molecular weight excluding hydrogens is 459 g/mol. The lowest BCUT2D eigenvalue weighted by atomic mass is 9.99. The zero-order valence-electron chi connectivity index (χ0n) is 16.9. The van der Waals surface area contributed by atoms with Gasteiger partial charge in [-0.15, -0.1) is 0 Å². The van der Waals surface area contributed by atoms with Gasteiger partial charge in [0.2, 0.25) is 27.6 Å². The Morgan fingerprint density at radius 3 is 2.72 bits per heavy atom. The number of piperidine rings is 1. The van der Waals surface area contributed by atoms with E-state index < -0.39 is 21.8 Å². The van der Waals surface area contributed by atoms with E-state index in [2.05, 4.69) is 15.5 Å². The monoisotopic (exact) mass is 478 g/mol. The number of hydrogen-bond acceptors (Lipinski definition) is 6. The van der Waals surface area contributed by atoms with Crippen LogP contribution in [0.4, 0.5) is 4.39 Å². The Balaban J connectivity index is 1.38. The third-order valence-electron chi connectivity index (χ3n) is 5.20. The summed E-state index contributed by atoms with van der Waals surface area (Å²) in [5.41, 5.74) is 0.615. The van der Waals surface area contributed by atoms with Crippen LogP contribution in [0.1, 0.15) is 18.7 Å². The summed E-state index contributed by atoms with van der Waals surface area (Å²) >= 11 is 6.14. The van der Waals surface area contributed by atoms with Gasteiger partial charge >= 0.3 is 0 Å². The molecular formula is C21H20ClFN4O4S. The second kappa shape index (κ2) is 9.35. The van der Waals surface area contributed by atoms with Crippen molar-refractivity contribution >= 4 is 27.5 Å². The lowest BCUT2D eigenvalue weighted by molar-refractivity contribution is -0.126. The Kier molecular flexibility index (Phi) is 6.54. The van der Waals surface area contributed by atoms with Crippen LogP contribution in [0.3, 0.4) is 0 Å². The number of carbonyl (C=O) groups excluding carboxylic acids is 1. The molecule has 11 heteroatoms. The molecule has 0 aliphatic carbocycles. The van der Waals surface area contributed by atoms with E-state index in [0.29, 0.717) is 35.8 Å². The van der Waals surface area contributed by atoms with Gasteiger partial charge in [0.1, 0.15) is 5.82 Å². The van der Waals surface area contributed by atoms with Gasteiger partial charge in [-0.25, -0.2) is 12.8 Å². The Hall–Kier alpha value is -2.82. The van der Waals surface area contributed by atoms with Crippen LogP contribution in [-0.2, 0) is 21.4 Å². The molecule has 1 fully saturated rings. The molecule has 32 heavy (non-hydrogen) atoms. The third-order valence-corrected chi connectivity index (χ3v) is 7.41. The maximum atomic E-state index is 13.1. The number of hydrogen-bond donors (Lipinski definition) is 1. The first kappa shape index (κ1) is 22.4. The van der Waals surface area contributed by atoms with E-state index in [1.54, 1.807) is 24.3 Å². The van der Waals surface area contributed by atoms with Crippen molar-refractivity contribution in [1.29, 1.82) is 0 Å². The highest BCUT2D eigenvalue weighted by atomic mass is 35.5. The van der Waals surface area contributed by atoms with Crippen LogP contribution in [0, 0.1) is 11.7 Å². The third kappa shape index (κ3) is 4.82. The van der Waals surface area contributed by atoms with Crippen LogP contribution in [0.2, 0.25) is 5.02 Å². The van der Waals surface area contributed by atoms with E-state index >= 15 is 0 Å². The second-order valence-corrected chi connectivity index (χ2v) is 9.71. The fourth-order valence-electron chi connectivity index (χ4n) is 3.52. The Bertz CT molecular complexity index is 1220. The maximum Gasteiger partial charge on any atom is 0.246 e. The minimum atomic E-state index is -3.81. The van der Waals surface area contributed by atoms with Crippen LogP contribution in [0.5, 0.6) is 0 Å². The van der Waals surface area contributed by atoms with Gasteiger partial charge in [0.05, 0.1) is 22.4 Å². The van der Waals surface area contributed by atoms with Crippen molar-refractivity contribution in [3.8, 4) is 11.4 Å². The first-order chi connectivity index (χ1) is 15.3. The van der Waals surface area contributed by atoms with Crippen molar-refractivity contribution in [1.82, 2.24) is 19.8 Å². The number of nitrogens with one attached hydrogen (secondary N) is 1. The predicted molar refractivity (Wildman–Crippen MR) is 114 cm³/mol. The zero-order chi connectivity index (χ0) is 22.7. The molecule has 1 amide bonds. The summed E-state index contributed by atoms with van der Waals surface area (Å²) in [5.74, 6) is -0.820. The van der Waals surface area contributed by atoms with E-state index in [1.165, 1.54) is 16.4 Å². The van der Waals surface area contributed by atoms with Crippen LogP contribution in [0.25, 0.3) is 11.4 Å². The largest absolute Gasteiger partial charge is 0.347 e. The van der Waals surface area contributed by atoms with Gasteiger partial charge in [0.15, 0.2) is 0 Å². The Morgan fingerprint density at radius 2 is 1.97 bits per heavy atom. The molecule has 2 heterocycles. The van der Waals surface area contributed by atoms with Crippen molar-refractivity contribution < 1.29 is 22.1 Å². The summed E-state index contributed by atoms with van der Waals surface area (Å²) in [6.45, 7) is 0.353. The molecule has 0 saturated carbocycles. The highest BCUT2D eigenvalue weighted by molar-refractivity contribution is 7.89. The molecule has 1 aromatic heterocycles.